The summed E-state index contributed by atoms with van der Waals surface area (Å²) < 4.78 is 2.34. The van der Waals surface area contributed by atoms with Gasteiger partial charge in [-0.1, -0.05) is 12.1 Å². The molecule has 0 bridgehead atoms. The first-order valence-electron chi connectivity index (χ1n) is 7.08. The van der Waals surface area contributed by atoms with Gasteiger partial charge in [-0.25, -0.2) is 4.98 Å². The van der Waals surface area contributed by atoms with E-state index in [9.17, 15) is 0 Å². The van der Waals surface area contributed by atoms with E-state index in [1.807, 2.05) is 12.5 Å². The first kappa shape index (κ1) is 13.7. The standard InChI is InChI=1S/C16H21N3S/c1-18(10-13-4-3-5-16(8-13)20-2)11-15-9-17-12-19(15)14-6-7-14/h3-5,8-9,12,14H,6-7,10-11H2,1-2H3. The van der Waals surface area contributed by atoms with Gasteiger partial charge in [-0.15, -0.1) is 11.8 Å². The highest BCUT2D eigenvalue weighted by molar-refractivity contribution is 7.98. The van der Waals surface area contributed by atoms with Gasteiger partial charge in [0.05, 0.1) is 12.0 Å². The molecule has 0 unspecified atom stereocenters. The summed E-state index contributed by atoms with van der Waals surface area (Å²) >= 11 is 1.80. The van der Waals surface area contributed by atoms with Crippen molar-refractivity contribution in [1.29, 1.82) is 0 Å². The third kappa shape index (κ3) is 3.25. The molecule has 1 aliphatic rings. The maximum atomic E-state index is 4.30. The van der Waals surface area contributed by atoms with Crippen molar-refractivity contribution in [1.82, 2.24) is 14.5 Å². The quantitative estimate of drug-likeness (QED) is 0.758. The number of aromatic nitrogens is 2. The first-order valence-corrected chi connectivity index (χ1v) is 8.31. The summed E-state index contributed by atoms with van der Waals surface area (Å²) in [7, 11) is 2.18. The predicted molar refractivity (Wildman–Crippen MR) is 83.9 cm³/mol. The Labute approximate surface area is 125 Å². The van der Waals surface area contributed by atoms with Gasteiger partial charge in [0.15, 0.2) is 0 Å². The molecule has 4 heteroatoms. The van der Waals surface area contributed by atoms with Gasteiger partial charge >= 0.3 is 0 Å². The van der Waals surface area contributed by atoms with E-state index in [0.717, 1.165) is 13.1 Å². The number of nitrogens with zero attached hydrogens (tertiary/aromatic N) is 3. The molecule has 0 aliphatic heterocycles. The lowest BCUT2D eigenvalue weighted by atomic mass is 10.2. The molecule has 2 aromatic rings. The highest BCUT2D eigenvalue weighted by atomic mass is 32.2. The van der Waals surface area contributed by atoms with E-state index in [4.69, 9.17) is 0 Å². The normalized spacial score (nSPS) is 14.9. The monoisotopic (exact) mass is 287 g/mol. The Bertz CT molecular complexity index is 575. The number of hydrogen-bond donors (Lipinski definition) is 0. The van der Waals surface area contributed by atoms with Crippen LogP contribution in [0.25, 0.3) is 0 Å². The highest BCUT2D eigenvalue weighted by Crippen LogP contribution is 2.35. The van der Waals surface area contributed by atoms with Crippen molar-refractivity contribution in [2.45, 2.75) is 36.9 Å². The molecule has 1 saturated carbocycles. The fraction of sp³-hybridized carbons (Fsp3) is 0.438. The van der Waals surface area contributed by atoms with Gasteiger partial charge in [-0.2, -0.15) is 0 Å². The molecule has 1 fully saturated rings. The van der Waals surface area contributed by atoms with Crippen LogP contribution >= 0.6 is 11.8 Å². The van der Waals surface area contributed by atoms with Crippen LogP contribution in [-0.2, 0) is 13.1 Å². The molecule has 20 heavy (non-hydrogen) atoms. The minimum absolute atomic E-state index is 0.709. The van der Waals surface area contributed by atoms with Gasteiger partial charge in [-0.05, 0) is 43.8 Å². The van der Waals surface area contributed by atoms with Crippen LogP contribution in [0.2, 0.25) is 0 Å². The average molecular weight is 287 g/mol. The summed E-state index contributed by atoms with van der Waals surface area (Å²) in [5.74, 6) is 0. The van der Waals surface area contributed by atoms with E-state index in [1.54, 1.807) is 11.8 Å². The van der Waals surface area contributed by atoms with Crippen LogP contribution in [0.1, 0.15) is 30.1 Å². The van der Waals surface area contributed by atoms with Gasteiger partial charge in [0.25, 0.3) is 0 Å². The third-order valence-electron chi connectivity index (χ3n) is 3.71. The predicted octanol–water partition coefficient (Wildman–Crippen LogP) is 3.57. The number of thioether (sulfide) groups is 1. The number of benzene rings is 1. The smallest absolute Gasteiger partial charge is 0.0951 e. The Kier molecular flexibility index (Phi) is 4.13. The molecule has 0 N–H and O–H groups in total. The van der Waals surface area contributed by atoms with Crippen LogP contribution in [0.15, 0.2) is 41.7 Å². The lowest BCUT2D eigenvalue weighted by Crippen LogP contribution is -2.19. The number of imidazole rings is 1. The lowest BCUT2D eigenvalue weighted by molar-refractivity contribution is 0.309. The van der Waals surface area contributed by atoms with Crippen molar-refractivity contribution >= 4 is 11.8 Å². The molecule has 0 amide bonds. The summed E-state index contributed by atoms with van der Waals surface area (Å²) in [6.45, 7) is 1.93. The molecule has 0 saturated heterocycles. The second-order valence-corrected chi connectivity index (χ2v) is 6.43. The van der Waals surface area contributed by atoms with Crippen LogP contribution in [-0.4, -0.2) is 27.8 Å². The Balaban J connectivity index is 1.63. The molecule has 3 nitrogen and oxygen atoms in total. The van der Waals surface area contributed by atoms with E-state index in [2.05, 4.69) is 52.0 Å². The minimum atomic E-state index is 0.709. The largest absolute Gasteiger partial charge is 0.330 e. The molecule has 1 heterocycles. The molecule has 0 atom stereocenters. The van der Waals surface area contributed by atoms with Gasteiger partial charge in [0.1, 0.15) is 0 Å². The van der Waals surface area contributed by atoms with Gasteiger partial charge in [0.2, 0.25) is 0 Å². The minimum Gasteiger partial charge on any atom is -0.330 e. The van der Waals surface area contributed by atoms with Crippen LogP contribution in [0.5, 0.6) is 0 Å². The van der Waals surface area contributed by atoms with Crippen LogP contribution in [0, 0.1) is 0 Å². The van der Waals surface area contributed by atoms with Crippen molar-refractivity contribution in [2.24, 2.45) is 0 Å². The van der Waals surface area contributed by atoms with E-state index in [1.165, 1.54) is 29.0 Å². The molecule has 0 spiro atoms. The fourth-order valence-corrected chi connectivity index (χ4v) is 3.03. The summed E-state index contributed by atoms with van der Waals surface area (Å²) in [6.07, 6.45) is 8.73. The Morgan fingerprint density at radius 2 is 2.20 bits per heavy atom. The molecule has 3 rings (SSSR count). The van der Waals surface area contributed by atoms with Crippen LogP contribution in [0.3, 0.4) is 0 Å². The Morgan fingerprint density at radius 3 is 2.95 bits per heavy atom. The Morgan fingerprint density at radius 1 is 1.35 bits per heavy atom. The van der Waals surface area contributed by atoms with Gasteiger partial charge in [-0.3, -0.25) is 4.90 Å². The van der Waals surface area contributed by atoms with Crippen molar-refractivity contribution in [2.75, 3.05) is 13.3 Å². The average Bonchev–Trinajstić information content (AvgIpc) is 3.19. The van der Waals surface area contributed by atoms with Crippen molar-refractivity contribution < 1.29 is 0 Å². The molecule has 1 aliphatic carbocycles. The maximum Gasteiger partial charge on any atom is 0.0951 e. The van der Waals surface area contributed by atoms with E-state index < -0.39 is 0 Å². The van der Waals surface area contributed by atoms with E-state index >= 15 is 0 Å². The van der Waals surface area contributed by atoms with Gasteiger partial charge < -0.3 is 4.57 Å². The third-order valence-corrected chi connectivity index (χ3v) is 4.43. The van der Waals surface area contributed by atoms with Crippen molar-refractivity contribution in [3.8, 4) is 0 Å². The summed E-state index contributed by atoms with van der Waals surface area (Å²) in [5, 5.41) is 0. The fourth-order valence-electron chi connectivity index (χ4n) is 2.55. The summed E-state index contributed by atoms with van der Waals surface area (Å²) in [4.78, 5) is 7.99. The second-order valence-electron chi connectivity index (χ2n) is 5.55. The van der Waals surface area contributed by atoms with Gasteiger partial charge in [0, 0.05) is 30.2 Å². The van der Waals surface area contributed by atoms with Crippen LogP contribution in [0.4, 0.5) is 0 Å². The topological polar surface area (TPSA) is 21.1 Å². The van der Waals surface area contributed by atoms with Crippen LogP contribution < -0.4 is 0 Å². The second kappa shape index (κ2) is 6.02. The van der Waals surface area contributed by atoms with Crippen molar-refractivity contribution in [3.63, 3.8) is 0 Å². The molecule has 1 aromatic carbocycles. The maximum absolute atomic E-state index is 4.30. The number of hydrogen-bond acceptors (Lipinski definition) is 3. The molecule has 1 aromatic heterocycles. The zero-order valence-corrected chi connectivity index (χ0v) is 12.9. The SMILES string of the molecule is CSc1cccc(CN(C)Cc2cncn2C2CC2)c1. The molecule has 0 radical (unpaired) electrons. The highest BCUT2D eigenvalue weighted by Gasteiger charge is 2.25. The van der Waals surface area contributed by atoms with E-state index in [0.29, 0.717) is 6.04 Å². The Hall–Kier alpha value is -1.26. The van der Waals surface area contributed by atoms with E-state index in [-0.39, 0.29) is 0 Å². The van der Waals surface area contributed by atoms with Crippen molar-refractivity contribution in [3.05, 3.63) is 48.0 Å². The zero-order valence-electron chi connectivity index (χ0n) is 12.1. The first-order chi connectivity index (χ1) is 9.76. The molecule has 106 valence electrons. The summed E-state index contributed by atoms with van der Waals surface area (Å²) in [6, 6.07) is 9.49. The number of rotatable bonds is 6. The lowest BCUT2D eigenvalue weighted by Gasteiger charge is -2.18. The molecular formula is C16H21N3S. The molecular weight excluding hydrogens is 266 g/mol. The zero-order chi connectivity index (χ0) is 13.9. The summed E-state index contributed by atoms with van der Waals surface area (Å²) in [5.41, 5.74) is 2.70.